The predicted octanol–water partition coefficient (Wildman–Crippen LogP) is 1.92. The molecule has 0 spiro atoms. The van der Waals surface area contributed by atoms with Gasteiger partial charge in [-0.25, -0.2) is 0 Å². The summed E-state index contributed by atoms with van der Waals surface area (Å²) >= 11 is 0. The van der Waals surface area contributed by atoms with Gasteiger partial charge < -0.3 is 10.1 Å². The molecule has 0 radical (unpaired) electrons. The van der Waals surface area contributed by atoms with Gasteiger partial charge in [0.15, 0.2) is 0 Å². The fourth-order valence-corrected chi connectivity index (χ4v) is 2.87. The van der Waals surface area contributed by atoms with Crippen LogP contribution >= 0.6 is 0 Å². The molecule has 1 aliphatic carbocycles. The smallest absolute Gasteiger partial charge is 0.0480 e. The number of rotatable bonds is 2. The molecule has 2 heteroatoms. The van der Waals surface area contributed by atoms with Crippen LogP contribution in [0, 0.1) is 0 Å². The molecule has 0 saturated carbocycles. The van der Waals surface area contributed by atoms with Crippen molar-refractivity contribution in [1.82, 2.24) is 5.32 Å². The first kappa shape index (κ1) is 10.3. The summed E-state index contributed by atoms with van der Waals surface area (Å²) in [6.07, 6.45) is 4.75. The van der Waals surface area contributed by atoms with Crippen molar-refractivity contribution < 1.29 is 4.74 Å². The molecule has 0 aromatic heterocycles. The van der Waals surface area contributed by atoms with E-state index in [2.05, 4.69) is 29.6 Å². The Morgan fingerprint density at radius 3 is 2.19 bits per heavy atom. The standard InChI is InChI=1S/C14H19NO/c1-2-4-12-10-14(9-11(12)3-1)15-13-5-7-16-8-6-13/h1-4,13-15H,5-10H2. The number of benzene rings is 1. The molecule has 1 heterocycles. The zero-order valence-corrected chi connectivity index (χ0v) is 9.61. The number of nitrogens with one attached hydrogen (secondary N) is 1. The molecule has 86 valence electrons. The lowest BCUT2D eigenvalue weighted by atomic mass is 10.1. The van der Waals surface area contributed by atoms with Gasteiger partial charge in [0.05, 0.1) is 0 Å². The van der Waals surface area contributed by atoms with Crippen LogP contribution in [0.2, 0.25) is 0 Å². The lowest BCUT2D eigenvalue weighted by Crippen LogP contribution is -2.42. The highest BCUT2D eigenvalue weighted by Crippen LogP contribution is 2.22. The highest BCUT2D eigenvalue weighted by Gasteiger charge is 2.24. The molecule has 1 N–H and O–H groups in total. The SMILES string of the molecule is c1ccc2c(c1)CC(NC1CCOCC1)C2. The van der Waals surface area contributed by atoms with Crippen molar-refractivity contribution >= 4 is 0 Å². The topological polar surface area (TPSA) is 21.3 Å². The third kappa shape index (κ3) is 2.13. The second kappa shape index (κ2) is 4.56. The van der Waals surface area contributed by atoms with Crippen LogP contribution in [0.3, 0.4) is 0 Å². The summed E-state index contributed by atoms with van der Waals surface area (Å²) in [4.78, 5) is 0. The molecule has 0 atom stereocenters. The van der Waals surface area contributed by atoms with Crippen LogP contribution < -0.4 is 5.32 Å². The van der Waals surface area contributed by atoms with Crippen LogP contribution in [0.15, 0.2) is 24.3 Å². The maximum absolute atomic E-state index is 5.39. The van der Waals surface area contributed by atoms with E-state index >= 15 is 0 Å². The van der Waals surface area contributed by atoms with Gasteiger partial charge in [0.2, 0.25) is 0 Å². The maximum Gasteiger partial charge on any atom is 0.0480 e. The molecular weight excluding hydrogens is 198 g/mol. The molecular formula is C14H19NO. The van der Waals surface area contributed by atoms with Crippen molar-refractivity contribution in [3.8, 4) is 0 Å². The molecule has 1 aromatic rings. The van der Waals surface area contributed by atoms with E-state index in [0.717, 1.165) is 13.2 Å². The van der Waals surface area contributed by atoms with Gasteiger partial charge in [0.25, 0.3) is 0 Å². The van der Waals surface area contributed by atoms with E-state index in [4.69, 9.17) is 4.74 Å². The molecule has 0 amide bonds. The maximum atomic E-state index is 5.39. The number of ether oxygens (including phenoxy) is 1. The Morgan fingerprint density at radius 2 is 1.56 bits per heavy atom. The van der Waals surface area contributed by atoms with Crippen LogP contribution in [-0.2, 0) is 17.6 Å². The second-order valence-electron chi connectivity index (χ2n) is 4.93. The van der Waals surface area contributed by atoms with Crippen LogP contribution in [0.1, 0.15) is 24.0 Å². The molecule has 0 unspecified atom stereocenters. The molecule has 3 rings (SSSR count). The lowest BCUT2D eigenvalue weighted by molar-refractivity contribution is 0.0752. The highest BCUT2D eigenvalue weighted by molar-refractivity contribution is 5.33. The van der Waals surface area contributed by atoms with Crippen LogP contribution in [0.4, 0.5) is 0 Å². The molecule has 0 bridgehead atoms. The van der Waals surface area contributed by atoms with E-state index < -0.39 is 0 Å². The third-order valence-corrected chi connectivity index (χ3v) is 3.74. The van der Waals surface area contributed by atoms with Gasteiger partial charge in [0, 0.05) is 25.3 Å². The van der Waals surface area contributed by atoms with Gasteiger partial charge in [-0.3, -0.25) is 0 Å². The van der Waals surface area contributed by atoms with Crippen molar-refractivity contribution in [2.75, 3.05) is 13.2 Å². The monoisotopic (exact) mass is 217 g/mol. The summed E-state index contributed by atoms with van der Waals surface area (Å²) in [5.74, 6) is 0. The number of hydrogen-bond donors (Lipinski definition) is 1. The summed E-state index contributed by atoms with van der Waals surface area (Å²) < 4.78 is 5.39. The summed E-state index contributed by atoms with van der Waals surface area (Å²) in [7, 11) is 0. The zero-order valence-electron chi connectivity index (χ0n) is 9.61. The van der Waals surface area contributed by atoms with Gasteiger partial charge in [-0.15, -0.1) is 0 Å². The van der Waals surface area contributed by atoms with Gasteiger partial charge in [0.1, 0.15) is 0 Å². The lowest BCUT2D eigenvalue weighted by Gasteiger charge is -2.26. The van der Waals surface area contributed by atoms with Crippen molar-refractivity contribution in [2.45, 2.75) is 37.8 Å². The molecule has 16 heavy (non-hydrogen) atoms. The summed E-state index contributed by atoms with van der Waals surface area (Å²) in [6.45, 7) is 1.86. The van der Waals surface area contributed by atoms with Gasteiger partial charge in [-0.1, -0.05) is 24.3 Å². The van der Waals surface area contributed by atoms with Crippen LogP contribution in [-0.4, -0.2) is 25.3 Å². The average Bonchev–Trinajstić information content (AvgIpc) is 2.72. The summed E-state index contributed by atoms with van der Waals surface area (Å²) in [6, 6.07) is 10.2. The zero-order chi connectivity index (χ0) is 10.8. The number of hydrogen-bond acceptors (Lipinski definition) is 2. The fraction of sp³-hybridized carbons (Fsp3) is 0.571. The van der Waals surface area contributed by atoms with Gasteiger partial charge in [-0.05, 0) is 36.8 Å². The second-order valence-corrected chi connectivity index (χ2v) is 4.93. The largest absolute Gasteiger partial charge is 0.381 e. The molecule has 1 aromatic carbocycles. The van der Waals surface area contributed by atoms with Crippen LogP contribution in [0.25, 0.3) is 0 Å². The van der Waals surface area contributed by atoms with Crippen molar-refractivity contribution in [3.05, 3.63) is 35.4 Å². The van der Waals surface area contributed by atoms with Gasteiger partial charge >= 0.3 is 0 Å². The number of fused-ring (bicyclic) bond motifs is 1. The fourth-order valence-electron chi connectivity index (χ4n) is 2.87. The molecule has 2 nitrogen and oxygen atoms in total. The van der Waals surface area contributed by atoms with Gasteiger partial charge in [-0.2, -0.15) is 0 Å². The first-order valence-electron chi connectivity index (χ1n) is 6.32. The van der Waals surface area contributed by atoms with Crippen molar-refractivity contribution in [2.24, 2.45) is 0 Å². The predicted molar refractivity (Wildman–Crippen MR) is 64.6 cm³/mol. The highest BCUT2D eigenvalue weighted by atomic mass is 16.5. The Morgan fingerprint density at radius 1 is 0.938 bits per heavy atom. The Balaban J connectivity index is 1.59. The summed E-state index contributed by atoms with van der Waals surface area (Å²) in [5, 5.41) is 3.78. The summed E-state index contributed by atoms with van der Waals surface area (Å²) in [5.41, 5.74) is 3.07. The van der Waals surface area contributed by atoms with Crippen molar-refractivity contribution in [3.63, 3.8) is 0 Å². The Kier molecular flexibility index (Phi) is 2.94. The minimum Gasteiger partial charge on any atom is -0.381 e. The average molecular weight is 217 g/mol. The molecule has 2 aliphatic rings. The first-order chi connectivity index (χ1) is 7.92. The Labute approximate surface area is 97.0 Å². The minimum absolute atomic E-state index is 0.653. The minimum atomic E-state index is 0.653. The van der Waals surface area contributed by atoms with E-state index in [1.54, 1.807) is 0 Å². The Bertz CT molecular complexity index is 333. The molecule has 1 aliphatic heterocycles. The molecule has 1 saturated heterocycles. The normalized spacial score (nSPS) is 22.2. The third-order valence-electron chi connectivity index (χ3n) is 3.74. The van der Waals surface area contributed by atoms with Crippen molar-refractivity contribution in [1.29, 1.82) is 0 Å². The van der Waals surface area contributed by atoms with E-state index in [1.807, 2.05) is 0 Å². The van der Waals surface area contributed by atoms with E-state index in [1.165, 1.54) is 36.8 Å². The quantitative estimate of drug-likeness (QED) is 0.817. The van der Waals surface area contributed by atoms with E-state index in [0.29, 0.717) is 12.1 Å². The van der Waals surface area contributed by atoms with Crippen LogP contribution in [0.5, 0.6) is 0 Å². The first-order valence-corrected chi connectivity index (χ1v) is 6.32. The molecule has 1 fully saturated rings. The van der Waals surface area contributed by atoms with E-state index in [-0.39, 0.29) is 0 Å². The Hall–Kier alpha value is -0.860. The van der Waals surface area contributed by atoms with E-state index in [9.17, 15) is 0 Å².